The summed E-state index contributed by atoms with van der Waals surface area (Å²) in [5, 5.41) is 0. The summed E-state index contributed by atoms with van der Waals surface area (Å²) >= 11 is 0. The van der Waals surface area contributed by atoms with Crippen LogP contribution in [0.25, 0.3) is 5.57 Å². The van der Waals surface area contributed by atoms with E-state index in [9.17, 15) is 0 Å². The predicted molar refractivity (Wildman–Crippen MR) is 101 cm³/mol. The number of hydrogen-bond acceptors (Lipinski definition) is 1. The first-order chi connectivity index (χ1) is 10.8. The molecule has 0 aliphatic heterocycles. The summed E-state index contributed by atoms with van der Waals surface area (Å²) in [4.78, 5) is 0. The van der Waals surface area contributed by atoms with Crippen LogP contribution in [0, 0.1) is 0 Å². The molecule has 3 rings (SSSR count). The van der Waals surface area contributed by atoms with Crippen molar-refractivity contribution in [2.45, 2.75) is 6.04 Å². The molecule has 0 saturated heterocycles. The summed E-state index contributed by atoms with van der Waals surface area (Å²) in [6.45, 7) is 0. The Morgan fingerprint density at radius 2 is 1.04 bits per heavy atom. The van der Waals surface area contributed by atoms with E-state index in [1.165, 1.54) is 11.1 Å². The lowest BCUT2D eigenvalue weighted by atomic mass is 9.94. The van der Waals surface area contributed by atoms with Crippen molar-refractivity contribution in [3.8, 4) is 0 Å². The Hall–Kier alpha value is -2.35. The van der Waals surface area contributed by atoms with Crippen molar-refractivity contribution < 1.29 is 0 Å². The molecule has 0 radical (unpaired) electrons. The van der Waals surface area contributed by atoms with Crippen molar-refractivity contribution >= 4 is 18.0 Å². The van der Waals surface area contributed by atoms with Gasteiger partial charge in [0.1, 0.15) is 0 Å². The fourth-order valence-electron chi connectivity index (χ4n) is 2.55. The third kappa shape index (κ3) is 4.32. The van der Waals surface area contributed by atoms with Gasteiger partial charge >= 0.3 is 0 Å². The van der Waals surface area contributed by atoms with E-state index in [4.69, 9.17) is 5.73 Å². The molecule has 23 heavy (non-hydrogen) atoms. The van der Waals surface area contributed by atoms with E-state index in [0.717, 1.165) is 11.1 Å². The molecule has 0 bridgehead atoms. The minimum atomic E-state index is -0.128. The van der Waals surface area contributed by atoms with E-state index in [-0.39, 0.29) is 18.4 Å². The van der Waals surface area contributed by atoms with Gasteiger partial charge in [-0.15, -0.1) is 12.4 Å². The summed E-state index contributed by atoms with van der Waals surface area (Å²) < 4.78 is 0. The van der Waals surface area contributed by atoms with Crippen LogP contribution in [0.4, 0.5) is 0 Å². The second kappa shape index (κ2) is 8.33. The quantitative estimate of drug-likeness (QED) is 0.698. The van der Waals surface area contributed by atoms with Gasteiger partial charge in [-0.25, -0.2) is 0 Å². The van der Waals surface area contributed by atoms with Crippen LogP contribution < -0.4 is 5.73 Å². The van der Waals surface area contributed by atoms with Gasteiger partial charge in [-0.1, -0.05) is 97.1 Å². The first-order valence-electron chi connectivity index (χ1n) is 7.48. The fraction of sp³-hybridized carbons (Fsp3) is 0.0476. The Bertz CT molecular complexity index is 695. The maximum absolute atomic E-state index is 6.39. The molecule has 2 N–H and O–H groups in total. The lowest BCUT2D eigenvalue weighted by molar-refractivity contribution is 0.913. The highest BCUT2D eigenvalue weighted by Gasteiger charge is 2.08. The molecule has 0 saturated carbocycles. The third-order valence-corrected chi connectivity index (χ3v) is 3.70. The van der Waals surface area contributed by atoms with Crippen LogP contribution >= 0.6 is 12.4 Å². The van der Waals surface area contributed by atoms with Gasteiger partial charge in [0.15, 0.2) is 0 Å². The Balaban J connectivity index is 0.00000192. The molecule has 1 unspecified atom stereocenters. The smallest absolute Gasteiger partial charge is 0.0490 e. The molecule has 0 aliphatic rings. The standard InChI is InChI=1S/C21H19N.ClH/c22-21(19-14-8-3-9-15-19)16-20(17-10-4-1-5-11-17)18-12-6-2-7-13-18;/h1-16,21H,22H2;1H. The minimum absolute atomic E-state index is 0. The monoisotopic (exact) mass is 321 g/mol. The summed E-state index contributed by atoms with van der Waals surface area (Å²) in [5.74, 6) is 0. The molecule has 0 spiro atoms. The van der Waals surface area contributed by atoms with E-state index in [1.807, 2.05) is 30.3 Å². The zero-order valence-corrected chi connectivity index (χ0v) is 13.6. The Morgan fingerprint density at radius 1 is 0.652 bits per heavy atom. The van der Waals surface area contributed by atoms with E-state index < -0.39 is 0 Å². The SMILES string of the molecule is Cl.NC(C=C(c1ccccc1)c1ccccc1)c1ccccc1. The van der Waals surface area contributed by atoms with Crippen molar-refractivity contribution in [2.24, 2.45) is 5.73 Å². The molecule has 0 fully saturated rings. The van der Waals surface area contributed by atoms with Gasteiger partial charge in [0.25, 0.3) is 0 Å². The first kappa shape index (κ1) is 17.0. The largest absolute Gasteiger partial charge is 0.321 e. The predicted octanol–water partition coefficient (Wildman–Crippen LogP) is 5.24. The number of hydrogen-bond donors (Lipinski definition) is 1. The van der Waals surface area contributed by atoms with E-state index in [0.29, 0.717) is 0 Å². The molecule has 1 atom stereocenters. The molecule has 0 aliphatic carbocycles. The molecular weight excluding hydrogens is 302 g/mol. The summed E-state index contributed by atoms with van der Waals surface area (Å²) in [7, 11) is 0. The van der Waals surface area contributed by atoms with Gasteiger partial charge in [0.05, 0.1) is 0 Å². The average molecular weight is 322 g/mol. The fourth-order valence-corrected chi connectivity index (χ4v) is 2.55. The number of nitrogens with two attached hydrogens (primary N) is 1. The normalized spacial score (nSPS) is 11.2. The van der Waals surface area contributed by atoms with Crippen molar-refractivity contribution in [3.05, 3.63) is 114 Å². The van der Waals surface area contributed by atoms with Gasteiger partial charge in [-0.3, -0.25) is 0 Å². The molecule has 3 aromatic rings. The molecular formula is C21H20ClN. The summed E-state index contributed by atoms with van der Waals surface area (Å²) in [5.41, 5.74) is 11.0. The highest BCUT2D eigenvalue weighted by molar-refractivity contribution is 5.85. The lowest BCUT2D eigenvalue weighted by Crippen LogP contribution is -2.08. The van der Waals surface area contributed by atoms with Crippen LogP contribution in [0.3, 0.4) is 0 Å². The Kier molecular flexibility index (Phi) is 6.16. The van der Waals surface area contributed by atoms with Gasteiger partial charge in [-0.05, 0) is 22.3 Å². The first-order valence-corrected chi connectivity index (χ1v) is 7.48. The topological polar surface area (TPSA) is 26.0 Å². The van der Waals surface area contributed by atoms with Crippen molar-refractivity contribution in [2.75, 3.05) is 0 Å². The average Bonchev–Trinajstić information content (AvgIpc) is 2.62. The second-order valence-electron chi connectivity index (χ2n) is 5.25. The van der Waals surface area contributed by atoms with Crippen LogP contribution in [0.1, 0.15) is 22.7 Å². The maximum Gasteiger partial charge on any atom is 0.0490 e. The Morgan fingerprint density at radius 3 is 1.48 bits per heavy atom. The zero-order valence-electron chi connectivity index (χ0n) is 12.8. The molecule has 0 amide bonds. The van der Waals surface area contributed by atoms with E-state index >= 15 is 0 Å². The Labute approximate surface area is 143 Å². The number of benzene rings is 3. The van der Waals surface area contributed by atoms with Gasteiger partial charge in [0.2, 0.25) is 0 Å². The molecule has 0 aromatic heterocycles. The van der Waals surface area contributed by atoms with Crippen LogP contribution in [0.15, 0.2) is 97.1 Å². The van der Waals surface area contributed by atoms with Crippen LogP contribution in [-0.2, 0) is 0 Å². The van der Waals surface area contributed by atoms with Crippen LogP contribution in [0.5, 0.6) is 0 Å². The summed E-state index contributed by atoms with van der Waals surface area (Å²) in [6.07, 6.45) is 2.14. The molecule has 3 aromatic carbocycles. The van der Waals surface area contributed by atoms with Crippen molar-refractivity contribution in [1.29, 1.82) is 0 Å². The second-order valence-corrected chi connectivity index (χ2v) is 5.25. The lowest BCUT2D eigenvalue weighted by Gasteiger charge is -2.13. The number of halogens is 1. The van der Waals surface area contributed by atoms with Gasteiger partial charge in [0, 0.05) is 6.04 Å². The number of rotatable bonds is 4. The van der Waals surface area contributed by atoms with E-state index in [1.54, 1.807) is 0 Å². The zero-order chi connectivity index (χ0) is 15.2. The molecule has 0 heterocycles. The van der Waals surface area contributed by atoms with Crippen molar-refractivity contribution in [1.82, 2.24) is 0 Å². The van der Waals surface area contributed by atoms with Crippen LogP contribution in [0.2, 0.25) is 0 Å². The van der Waals surface area contributed by atoms with Gasteiger partial charge < -0.3 is 5.73 Å². The van der Waals surface area contributed by atoms with E-state index in [2.05, 4.69) is 66.7 Å². The highest BCUT2D eigenvalue weighted by atomic mass is 35.5. The molecule has 116 valence electrons. The maximum atomic E-state index is 6.39. The van der Waals surface area contributed by atoms with Crippen molar-refractivity contribution in [3.63, 3.8) is 0 Å². The highest BCUT2D eigenvalue weighted by Crippen LogP contribution is 2.26. The minimum Gasteiger partial charge on any atom is -0.321 e. The summed E-state index contributed by atoms with van der Waals surface area (Å²) in [6, 6.07) is 30.8. The van der Waals surface area contributed by atoms with Crippen LogP contribution in [-0.4, -0.2) is 0 Å². The third-order valence-electron chi connectivity index (χ3n) is 3.70. The molecule has 1 nitrogen and oxygen atoms in total. The molecule has 2 heteroatoms. The van der Waals surface area contributed by atoms with Gasteiger partial charge in [-0.2, -0.15) is 0 Å².